The number of benzene rings is 2. The van der Waals surface area contributed by atoms with Gasteiger partial charge >= 0.3 is 5.97 Å². The molecular weight excluding hydrogens is 338 g/mol. The first-order chi connectivity index (χ1) is 10.9. The van der Waals surface area contributed by atoms with Crippen LogP contribution in [0.5, 0.6) is 5.75 Å². The largest absolute Gasteiger partial charge is 0.425 e. The van der Waals surface area contributed by atoms with E-state index >= 15 is 0 Å². The van der Waals surface area contributed by atoms with E-state index in [1.807, 2.05) is 6.07 Å². The minimum Gasteiger partial charge on any atom is -0.425 e. The van der Waals surface area contributed by atoms with E-state index in [1.54, 1.807) is 49.4 Å². The number of esters is 1. The van der Waals surface area contributed by atoms with E-state index in [4.69, 9.17) is 16.3 Å². The zero-order valence-electron chi connectivity index (χ0n) is 12.5. The number of carbonyl (C=O) groups excluding carboxylic acids is 1. The van der Waals surface area contributed by atoms with Gasteiger partial charge in [0.15, 0.2) is 0 Å². The summed E-state index contributed by atoms with van der Waals surface area (Å²) in [6.07, 6.45) is 0. The van der Waals surface area contributed by atoms with Gasteiger partial charge in [0.2, 0.25) is 10.0 Å². The Morgan fingerprint density at radius 2 is 1.78 bits per heavy atom. The van der Waals surface area contributed by atoms with Gasteiger partial charge in [-0.05, 0) is 36.2 Å². The summed E-state index contributed by atoms with van der Waals surface area (Å²) < 4.78 is 31.3. The third kappa shape index (κ3) is 5.67. The van der Waals surface area contributed by atoms with Crippen molar-refractivity contribution in [2.45, 2.75) is 12.7 Å². The van der Waals surface area contributed by atoms with Crippen molar-refractivity contribution in [2.75, 3.05) is 6.54 Å². The molecule has 0 saturated heterocycles. The van der Waals surface area contributed by atoms with Crippen LogP contribution in [0.3, 0.4) is 0 Å². The van der Waals surface area contributed by atoms with Gasteiger partial charge in [-0.3, -0.25) is 4.79 Å². The molecule has 0 unspecified atom stereocenters. The summed E-state index contributed by atoms with van der Waals surface area (Å²) in [7, 11) is -3.64. The molecule has 1 N–H and O–H groups in total. The fourth-order valence-electron chi connectivity index (χ4n) is 1.85. The molecule has 0 saturated carbocycles. The van der Waals surface area contributed by atoms with Crippen LogP contribution < -0.4 is 9.46 Å². The third-order valence-electron chi connectivity index (χ3n) is 3.02. The second kappa shape index (κ2) is 7.59. The van der Waals surface area contributed by atoms with E-state index in [0.29, 0.717) is 16.3 Å². The fraction of sp³-hybridized carbons (Fsp3) is 0.188. The van der Waals surface area contributed by atoms with Crippen LogP contribution in [-0.4, -0.2) is 20.9 Å². The van der Waals surface area contributed by atoms with Crippen molar-refractivity contribution in [1.82, 2.24) is 4.72 Å². The third-order valence-corrected chi connectivity index (χ3v) is 4.57. The van der Waals surface area contributed by atoms with Gasteiger partial charge in [-0.15, -0.1) is 0 Å². The molecule has 0 heterocycles. The maximum Gasteiger partial charge on any atom is 0.326 e. The molecule has 23 heavy (non-hydrogen) atoms. The van der Waals surface area contributed by atoms with E-state index in [-0.39, 0.29) is 5.75 Å². The predicted molar refractivity (Wildman–Crippen MR) is 88.9 cm³/mol. The van der Waals surface area contributed by atoms with E-state index < -0.39 is 22.5 Å². The molecule has 0 bridgehead atoms. The monoisotopic (exact) mass is 353 g/mol. The first-order valence-electron chi connectivity index (χ1n) is 6.84. The number of rotatable bonds is 6. The van der Waals surface area contributed by atoms with Crippen LogP contribution in [0.1, 0.15) is 11.1 Å². The molecule has 5 nitrogen and oxygen atoms in total. The van der Waals surface area contributed by atoms with Gasteiger partial charge in [-0.25, -0.2) is 13.1 Å². The summed E-state index contributed by atoms with van der Waals surface area (Å²) in [6.45, 7) is 1.37. The van der Waals surface area contributed by atoms with Crippen LogP contribution >= 0.6 is 11.6 Å². The molecule has 122 valence electrons. The summed E-state index contributed by atoms with van der Waals surface area (Å²) in [6, 6.07) is 13.5. The minimum absolute atomic E-state index is 0.234. The Kier molecular flexibility index (Phi) is 5.76. The molecule has 0 aliphatic heterocycles. The molecule has 0 fully saturated rings. The SMILES string of the molecule is Cc1ccccc1OC(=O)CNS(=O)(=O)Cc1ccc(Cl)cc1. The Morgan fingerprint density at radius 3 is 2.43 bits per heavy atom. The highest BCUT2D eigenvalue weighted by atomic mass is 35.5. The second-order valence-corrected chi connectivity index (χ2v) is 7.19. The minimum atomic E-state index is -3.64. The van der Waals surface area contributed by atoms with Crippen LogP contribution in [0, 0.1) is 6.92 Å². The van der Waals surface area contributed by atoms with Crippen LogP contribution in [0.25, 0.3) is 0 Å². The zero-order valence-corrected chi connectivity index (χ0v) is 14.0. The molecule has 2 aromatic carbocycles. The van der Waals surface area contributed by atoms with Crippen molar-refractivity contribution in [1.29, 1.82) is 0 Å². The summed E-state index contributed by atoms with van der Waals surface area (Å²) in [5.74, 6) is -0.490. The van der Waals surface area contributed by atoms with Gasteiger partial charge in [0, 0.05) is 5.02 Å². The summed E-state index contributed by atoms with van der Waals surface area (Å²) in [4.78, 5) is 11.7. The quantitative estimate of drug-likeness (QED) is 0.640. The predicted octanol–water partition coefficient (Wildman–Crippen LogP) is 2.67. The molecule has 0 atom stereocenters. The first kappa shape index (κ1) is 17.5. The van der Waals surface area contributed by atoms with Gasteiger partial charge in [-0.1, -0.05) is 41.9 Å². The standard InChI is InChI=1S/C16H16ClNO4S/c1-12-4-2-3-5-15(12)22-16(19)10-18-23(20,21)11-13-6-8-14(17)9-7-13/h2-9,18H,10-11H2,1H3. The fourth-order valence-corrected chi connectivity index (χ4v) is 3.05. The molecule has 0 aliphatic carbocycles. The van der Waals surface area contributed by atoms with Crippen molar-refractivity contribution in [3.8, 4) is 5.75 Å². The summed E-state index contributed by atoms with van der Waals surface area (Å²) in [5, 5.41) is 0.529. The van der Waals surface area contributed by atoms with Crippen molar-refractivity contribution < 1.29 is 17.9 Å². The Bertz CT molecular complexity index is 788. The Morgan fingerprint density at radius 1 is 1.13 bits per heavy atom. The summed E-state index contributed by atoms with van der Waals surface area (Å²) in [5.41, 5.74) is 1.37. The highest BCUT2D eigenvalue weighted by Gasteiger charge is 2.15. The number of aryl methyl sites for hydroxylation is 1. The van der Waals surface area contributed by atoms with Crippen molar-refractivity contribution >= 4 is 27.6 Å². The normalized spacial score (nSPS) is 11.2. The molecule has 0 radical (unpaired) electrons. The van der Waals surface area contributed by atoms with Crippen LogP contribution in [0.4, 0.5) is 0 Å². The number of nitrogens with one attached hydrogen (secondary N) is 1. The molecule has 2 aromatic rings. The molecule has 0 spiro atoms. The van der Waals surface area contributed by atoms with E-state index in [2.05, 4.69) is 4.72 Å². The number of carbonyl (C=O) groups is 1. The van der Waals surface area contributed by atoms with Gasteiger partial charge in [0.25, 0.3) is 0 Å². The average molecular weight is 354 g/mol. The first-order valence-corrected chi connectivity index (χ1v) is 8.87. The number of hydrogen-bond acceptors (Lipinski definition) is 4. The molecule has 7 heteroatoms. The molecule has 0 amide bonds. The number of halogens is 1. The highest BCUT2D eigenvalue weighted by molar-refractivity contribution is 7.88. The number of para-hydroxylation sites is 1. The lowest BCUT2D eigenvalue weighted by molar-refractivity contribution is -0.133. The van der Waals surface area contributed by atoms with Gasteiger partial charge in [0.05, 0.1) is 5.75 Å². The number of hydrogen-bond donors (Lipinski definition) is 1. The summed E-state index contributed by atoms with van der Waals surface area (Å²) >= 11 is 5.75. The van der Waals surface area contributed by atoms with Crippen molar-refractivity contribution in [3.05, 3.63) is 64.7 Å². The number of sulfonamides is 1. The lowest BCUT2D eigenvalue weighted by atomic mass is 10.2. The number of ether oxygens (including phenoxy) is 1. The lowest BCUT2D eigenvalue weighted by Gasteiger charge is -2.09. The van der Waals surface area contributed by atoms with E-state index in [0.717, 1.165) is 5.56 Å². The smallest absolute Gasteiger partial charge is 0.326 e. The van der Waals surface area contributed by atoms with Gasteiger partial charge in [-0.2, -0.15) is 0 Å². The van der Waals surface area contributed by atoms with Crippen LogP contribution in [0.15, 0.2) is 48.5 Å². The second-order valence-electron chi connectivity index (χ2n) is 4.95. The van der Waals surface area contributed by atoms with E-state index in [1.165, 1.54) is 0 Å². The maximum absolute atomic E-state index is 12.0. The van der Waals surface area contributed by atoms with Crippen molar-refractivity contribution in [3.63, 3.8) is 0 Å². The Labute approximate surface area is 140 Å². The van der Waals surface area contributed by atoms with Crippen LogP contribution in [0.2, 0.25) is 5.02 Å². The Balaban J connectivity index is 1.90. The van der Waals surface area contributed by atoms with E-state index in [9.17, 15) is 13.2 Å². The highest BCUT2D eigenvalue weighted by Crippen LogP contribution is 2.16. The van der Waals surface area contributed by atoms with Gasteiger partial charge in [0.1, 0.15) is 12.3 Å². The van der Waals surface area contributed by atoms with Gasteiger partial charge < -0.3 is 4.74 Å². The zero-order chi connectivity index (χ0) is 16.9. The molecule has 0 aromatic heterocycles. The molecule has 0 aliphatic rings. The maximum atomic E-state index is 12.0. The lowest BCUT2D eigenvalue weighted by Crippen LogP contribution is -2.32. The average Bonchev–Trinajstić information content (AvgIpc) is 2.50. The topological polar surface area (TPSA) is 72.5 Å². The molecular formula is C16H16ClNO4S. The molecule has 2 rings (SSSR count). The Hall–Kier alpha value is -1.89. The van der Waals surface area contributed by atoms with Crippen molar-refractivity contribution in [2.24, 2.45) is 0 Å². The van der Waals surface area contributed by atoms with Crippen LogP contribution in [-0.2, 0) is 20.6 Å².